The molecule has 2 aliphatic heterocycles. The summed E-state index contributed by atoms with van der Waals surface area (Å²) >= 11 is 6.68. The number of thiocarbonyl (C=S) groups is 1. The van der Waals surface area contributed by atoms with E-state index in [1.807, 2.05) is 37.3 Å². The molecule has 4 rings (SSSR count). The molecule has 2 heterocycles. The Morgan fingerprint density at radius 3 is 2.71 bits per heavy atom. The van der Waals surface area contributed by atoms with Crippen molar-refractivity contribution >= 4 is 52.1 Å². The highest BCUT2D eigenvalue weighted by Crippen LogP contribution is 2.36. The summed E-state index contributed by atoms with van der Waals surface area (Å²) in [5.41, 5.74) is 7.08. The van der Waals surface area contributed by atoms with Crippen molar-refractivity contribution in [1.29, 1.82) is 0 Å². The Labute approximate surface area is 213 Å². The van der Waals surface area contributed by atoms with E-state index in [1.54, 1.807) is 23.1 Å². The molecule has 182 valence electrons. The first-order chi connectivity index (χ1) is 16.9. The molecule has 0 radical (unpaired) electrons. The first-order valence-corrected chi connectivity index (χ1v) is 12.4. The van der Waals surface area contributed by atoms with Crippen LogP contribution in [0.4, 0.5) is 0 Å². The fourth-order valence-corrected chi connectivity index (χ4v) is 4.97. The Kier molecular flexibility index (Phi) is 8.04. The molecule has 1 fully saturated rings. The maximum atomic E-state index is 12.8. The molecule has 3 amide bonds. The summed E-state index contributed by atoms with van der Waals surface area (Å²) < 4.78 is 11.2. The van der Waals surface area contributed by atoms with Crippen molar-refractivity contribution in [3.05, 3.63) is 64.1 Å². The van der Waals surface area contributed by atoms with Gasteiger partial charge in [-0.25, -0.2) is 0 Å². The number of hydrogen-bond acceptors (Lipinski definition) is 7. The summed E-state index contributed by atoms with van der Waals surface area (Å²) in [7, 11) is 0. The van der Waals surface area contributed by atoms with Crippen LogP contribution >= 0.6 is 24.0 Å². The number of carbonyl (C=O) groups excluding carboxylic acids is 3. The zero-order valence-corrected chi connectivity index (χ0v) is 20.8. The predicted octanol–water partition coefficient (Wildman–Crippen LogP) is 3.95. The molecular weight excluding hydrogens is 486 g/mol. The third kappa shape index (κ3) is 6.20. The van der Waals surface area contributed by atoms with Gasteiger partial charge in [-0.3, -0.25) is 30.1 Å². The van der Waals surface area contributed by atoms with Gasteiger partial charge in [0.05, 0.1) is 4.91 Å². The van der Waals surface area contributed by atoms with Crippen LogP contribution in [0.2, 0.25) is 0 Å². The van der Waals surface area contributed by atoms with Gasteiger partial charge in [-0.15, -0.1) is 0 Å². The Hall–Kier alpha value is -3.37. The lowest BCUT2D eigenvalue weighted by Gasteiger charge is -2.14. The van der Waals surface area contributed by atoms with E-state index in [-0.39, 0.29) is 30.9 Å². The number of nitrogens with one attached hydrogen (secondary N) is 2. The van der Waals surface area contributed by atoms with Gasteiger partial charge in [-0.2, -0.15) is 0 Å². The van der Waals surface area contributed by atoms with Crippen LogP contribution in [0.15, 0.2) is 47.4 Å². The highest BCUT2D eigenvalue weighted by atomic mass is 32.2. The van der Waals surface area contributed by atoms with E-state index >= 15 is 0 Å². The summed E-state index contributed by atoms with van der Waals surface area (Å²) in [5, 5.41) is 0. The highest BCUT2D eigenvalue weighted by molar-refractivity contribution is 8.26. The standard InChI is InChI=1S/C25H25N3O5S2/c1-16-7-4-5-8-18(16)23(30)27-26-22(29)9-3-2-6-12-28-24(31)21(35-25(28)34)14-17-10-11-19-20(13-17)33-15-32-19/h4-5,7-8,10-11,13-14H,2-3,6,9,12,15H2,1H3,(H,26,29)(H,27,30)/b21-14-. The molecule has 10 heteroatoms. The van der Waals surface area contributed by atoms with Crippen LogP contribution in [-0.2, 0) is 9.59 Å². The normalized spacial score (nSPS) is 15.6. The van der Waals surface area contributed by atoms with Crippen molar-refractivity contribution in [2.24, 2.45) is 0 Å². The lowest BCUT2D eigenvalue weighted by atomic mass is 10.1. The van der Waals surface area contributed by atoms with Crippen LogP contribution in [0.5, 0.6) is 11.5 Å². The van der Waals surface area contributed by atoms with Crippen LogP contribution in [0.25, 0.3) is 6.08 Å². The number of rotatable bonds is 8. The van der Waals surface area contributed by atoms with Gasteiger partial charge in [-0.1, -0.05) is 54.7 Å². The SMILES string of the molecule is Cc1ccccc1C(=O)NNC(=O)CCCCCN1C(=O)/C(=C/c2ccc3c(c2)OCO3)SC1=S. The van der Waals surface area contributed by atoms with Gasteiger partial charge >= 0.3 is 0 Å². The molecular formula is C25H25N3O5S2. The monoisotopic (exact) mass is 511 g/mol. The number of thioether (sulfide) groups is 1. The minimum Gasteiger partial charge on any atom is -0.454 e. The molecule has 0 atom stereocenters. The lowest BCUT2D eigenvalue weighted by Crippen LogP contribution is -2.41. The minimum atomic E-state index is -0.348. The van der Waals surface area contributed by atoms with Crippen molar-refractivity contribution in [1.82, 2.24) is 15.8 Å². The number of unbranched alkanes of at least 4 members (excludes halogenated alkanes) is 2. The smallest absolute Gasteiger partial charge is 0.269 e. The average molecular weight is 512 g/mol. The first kappa shape index (κ1) is 24.7. The third-order valence-electron chi connectivity index (χ3n) is 5.56. The minimum absolute atomic E-state index is 0.116. The fraction of sp³-hybridized carbons (Fsp3) is 0.280. The third-order valence-corrected chi connectivity index (χ3v) is 6.94. The molecule has 2 aromatic carbocycles. The van der Waals surface area contributed by atoms with Crippen LogP contribution in [0.3, 0.4) is 0 Å². The van der Waals surface area contributed by atoms with Gasteiger partial charge in [-0.05, 0) is 55.2 Å². The molecule has 0 aromatic heterocycles. The second-order valence-electron chi connectivity index (χ2n) is 8.07. The predicted molar refractivity (Wildman–Crippen MR) is 138 cm³/mol. The fourth-order valence-electron chi connectivity index (χ4n) is 3.66. The quantitative estimate of drug-likeness (QED) is 0.240. The van der Waals surface area contributed by atoms with Crippen molar-refractivity contribution in [3.8, 4) is 11.5 Å². The molecule has 2 aromatic rings. The van der Waals surface area contributed by atoms with Crippen LogP contribution in [0, 0.1) is 6.92 Å². The average Bonchev–Trinajstić information content (AvgIpc) is 3.41. The maximum Gasteiger partial charge on any atom is 0.269 e. The Morgan fingerprint density at radius 1 is 1.09 bits per heavy atom. The number of aryl methyl sites for hydroxylation is 1. The molecule has 0 aliphatic carbocycles. The summed E-state index contributed by atoms with van der Waals surface area (Å²) in [5.74, 6) is 0.628. The highest BCUT2D eigenvalue weighted by Gasteiger charge is 2.31. The van der Waals surface area contributed by atoms with Gasteiger partial charge in [0, 0.05) is 18.5 Å². The number of nitrogens with zero attached hydrogens (tertiary/aromatic N) is 1. The van der Waals surface area contributed by atoms with Gasteiger partial charge < -0.3 is 9.47 Å². The zero-order valence-electron chi connectivity index (χ0n) is 19.2. The molecule has 0 bridgehead atoms. The zero-order chi connectivity index (χ0) is 24.8. The number of benzene rings is 2. The topological polar surface area (TPSA) is 97.0 Å². The molecule has 0 unspecified atom stereocenters. The number of hydrazine groups is 1. The summed E-state index contributed by atoms with van der Waals surface area (Å²) in [6, 6.07) is 12.7. The Morgan fingerprint density at radius 2 is 1.89 bits per heavy atom. The summed E-state index contributed by atoms with van der Waals surface area (Å²) in [6.07, 6.45) is 4.17. The van der Waals surface area contributed by atoms with Crippen LogP contribution in [0.1, 0.15) is 47.2 Å². The van der Waals surface area contributed by atoms with Gasteiger partial charge in [0.25, 0.3) is 11.8 Å². The van der Waals surface area contributed by atoms with E-state index in [2.05, 4.69) is 10.9 Å². The summed E-state index contributed by atoms with van der Waals surface area (Å²) in [6.45, 7) is 2.53. The van der Waals surface area contributed by atoms with E-state index in [0.29, 0.717) is 45.7 Å². The van der Waals surface area contributed by atoms with Crippen molar-refractivity contribution in [2.45, 2.75) is 32.6 Å². The number of carbonyl (C=O) groups is 3. The number of hydrogen-bond donors (Lipinski definition) is 2. The Bertz CT molecular complexity index is 1200. The van der Waals surface area contributed by atoms with Crippen LogP contribution in [-0.4, -0.2) is 40.3 Å². The van der Waals surface area contributed by atoms with Crippen molar-refractivity contribution < 1.29 is 23.9 Å². The number of ether oxygens (including phenoxy) is 2. The van der Waals surface area contributed by atoms with Crippen LogP contribution < -0.4 is 20.3 Å². The second kappa shape index (κ2) is 11.4. The molecule has 0 saturated carbocycles. The molecule has 1 saturated heterocycles. The van der Waals surface area contributed by atoms with E-state index < -0.39 is 0 Å². The maximum absolute atomic E-state index is 12.8. The summed E-state index contributed by atoms with van der Waals surface area (Å²) in [4.78, 5) is 39.2. The molecule has 2 N–H and O–H groups in total. The number of amides is 3. The largest absolute Gasteiger partial charge is 0.454 e. The van der Waals surface area contributed by atoms with Gasteiger partial charge in [0.2, 0.25) is 12.7 Å². The van der Waals surface area contributed by atoms with E-state index in [1.165, 1.54) is 11.8 Å². The molecule has 2 aliphatic rings. The first-order valence-electron chi connectivity index (χ1n) is 11.2. The molecule has 0 spiro atoms. The molecule has 8 nitrogen and oxygen atoms in total. The Balaban J connectivity index is 1.17. The van der Waals surface area contributed by atoms with Gasteiger partial charge in [0.15, 0.2) is 11.5 Å². The van der Waals surface area contributed by atoms with Gasteiger partial charge in [0.1, 0.15) is 4.32 Å². The molecule has 35 heavy (non-hydrogen) atoms. The lowest BCUT2D eigenvalue weighted by molar-refractivity contribution is -0.123. The van der Waals surface area contributed by atoms with E-state index in [9.17, 15) is 14.4 Å². The van der Waals surface area contributed by atoms with E-state index in [0.717, 1.165) is 17.5 Å². The van der Waals surface area contributed by atoms with Crippen molar-refractivity contribution in [3.63, 3.8) is 0 Å². The second-order valence-corrected chi connectivity index (χ2v) is 9.75. The van der Waals surface area contributed by atoms with E-state index in [4.69, 9.17) is 21.7 Å². The number of fused-ring (bicyclic) bond motifs is 1. The van der Waals surface area contributed by atoms with Crippen molar-refractivity contribution in [2.75, 3.05) is 13.3 Å².